The molecule has 2 rings (SSSR count). The number of nitrogens with two attached hydrogens (primary N) is 1. The lowest BCUT2D eigenvalue weighted by molar-refractivity contribution is 0.212. The fraction of sp³-hybridized carbons (Fsp3) is 0.538. The molecule has 1 fully saturated rings. The summed E-state index contributed by atoms with van der Waals surface area (Å²) in [5, 5.41) is 0.442. The third-order valence-electron chi connectivity index (χ3n) is 3.89. The fourth-order valence-electron chi connectivity index (χ4n) is 2.34. The highest BCUT2D eigenvalue weighted by Crippen LogP contribution is 2.30. The first kappa shape index (κ1) is 14.6. The number of halogens is 1. The van der Waals surface area contributed by atoms with E-state index in [1.165, 1.54) is 16.4 Å². The molecule has 2 atom stereocenters. The van der Waals surface area contributed by atoms with Crippen molar-refractivity contribution >= 4 is 27.3 Å². The normalized spacial score (nSPS) is 25.4. The van der Waals surface area contributed by atoms with Crippen molar-refractivity contribution in [1.82, 2.24) is 4.31 Å². The van der Waals surface area contributed by atoms with Crippen molar-refractivity contribution in [2.24, 2.45) is 11.8 Å². The second kappa shape index (κ2) is 5.31. The van der Waals surface area contributed by atoms with Crippen LogP contribution in [0.2, 0.25) is 5.02 Å². The Morgan fingerprint density at radius 3 is 2.58 bits per heavy atom. The topological polar surface area (TPSA) is 63.4 Å². The summed E-state index contributed by atoms with van der Waals surface area (Å²) in [6, 6.07) is 4.51. The first-order valence-corrected chi connectivity index (χ1v) is 8.19. The molecule has 0 radical (unpaired) electrons. The number of hydrogen-bond acceptors (Lipinski definition) is 3. The minimum absolute atomic E-state index is 0.152. The van der Waals surface area contributed by atoms with Crippen molar-refractivity contribution in [3.63, 3.8) is 0 Å². The van der Waals surface area contributed by atoms with E-state index in [0.29, 0.717) is 29.9 Å². The quantitative estimate of drug-likeness (QED) is 0.854. The molecule has 0 bridgehead atoms. The lowest BCUT2D eigenvalue weighted by Gasteiger charge is -2.34. The summed E-state index contributed by atoms with van der Waals surface area (Å²) in [7, 11) is -3.52. The van der Waals surface area contributed by atoms with Gasteiger partial charge in [-0.05, 0) is 36.5 Å². The zero-order valence-corrected chi connectivity index (χ0v) is 12.7. The number of anilines is 1. The molecule has 0 saturated carbocycles. The molecule has 1 heterocycles. The van der Waals surface area contributed by atoms with Crippen LogP contribution < -0.4 is 5.73 Å². The van der Waals surface area contributed by atoms with E-state index in [-0.39, 0.29) is 10.6 Å². The van der Waals surface area contributed by atoms with Crippen molar-refractivity contribution < 1.29 is 8.42 Å². The van der Waals surface area contributed by atoms with Gasteiger partial charge in [-0.15, -0.1) is 0 Å². The molecule has 1 aliphatic rings. The van der Waals surface area contributed by atoms with E-state index in [1.54, 1.807) is 6.07 Å². The molecule has 2 unspecified atom stereocenters. The Hall–Kier alpha value is -0.780. The minimum Gasteiger partial charge on any atom is -0.398 e. The van der Waals surface area contributed by atoms with Crippen molar-refractivity contribution in [1.29, 1.82) is 0 Å². The van der Waals surface area contributed by atoms with Gasteiger partial charge in [-0.25, -0.2) is 8.42 Å². The Morgan fingerprint density at radius 1 is 1.32 bits per heavy atom. The second-order valence-electron chi connectivity index (χ2n) is 5.29. The summed E-state index contributed by atoms with van der Waals surface area (Å²) in [5.74, 6) is 0.908. The lowest BCUT2D eigenvalue weighted by atomic mass is 9.90. The van der Waals surface area contributed by atoms with Gasteiger partial charge < -0.3 is 5.73 Å². The highest BCUT2D eigenvalue weighted by Gasteiger charge is 2.32. The van der Waals surface area contributed by atoms with Gasteiger partial charge in [0.25, 0.3) is 0 Å². The van der Waals surface area contributed by atoms with E-state index >= 15 is 0 Å². The van der Waals surface area contributed by atoms with Gasteiger partial charge in [0.2, 0.25) is 10.0 Å². The molecule has 2 N–H and O–H groups in total. The zero-order chi connectivity index (χ0) is 14.2. The maximum Gasteiger partial charge on any atom is 0.245 e. The van der Waals surface area contributed by atoms with Crippen LogP contribution in [-0.4, -0.2) is 25.8 Å². The van der Waals surface area contributed by atoms with Crippen LogP contribution in [0.4, 0.5) is 5.69 Å². The van der Waals surface area contributed by atoms with Crippen LogP contribution in [0.1, 0.15) is 20.3 Å². The summed E-state index contributed by atoms with van der Waals surface area (Å²) in [6.45, 7) is 5.34. The van der Waals surface area contributed by atoms with Gasteiger partial charge in [0, 0.05) is 18.1 Å². The van der Waals surface area contributed by atoms with E-state index in [4.69, 9.17) is 17.3 Å². The highest BCUT2D eigenvalue weighted by molar-refractivity contribution is 7.89. The summed E-state index contributed by atoms with van der Waals surface area (Å²) in [5.41, 5.74) is 5.99. The van der Waals surface area contributed by atoms with E-state index in [9.17, 15) is 8.42 Å². The monoisotopic (exact) mass is 302 g/mol. The summed E-state index contributed by atoms with van der Waals surface area (Å²) in [6.07, 6.45) is 0.883. The average Bonchev–Trinajstić information content (AvgIpc) is 2.32. The number of rotatable bonds is 2. The number of hydrogen-bond donors (Lipinski definition) is 1. The standard InChI is InChI=1S/C13H19ClN2O2S/c1-9-5-6-16(8-10(9)2)19(17,18)13-4-3-11(14)7-12(13)15/h3-4,7,9-10H,5-6,8,15H2,1-2H3. The largest absolute Gasteiger partial charge is 0.398 e. The maximum atomic E-state index is 12.6. The van der Waals surface area contributed by atoms with Gasteiger partial charge in [0.1, 0.15) is 4.90 Å². The smallest absolute Gasteiger partial charge is 0.245 e. The summed E-state index contributed by atoms with van der Waals surface area (Å²) >= 11 is 5.81. The van der Waals surface area contributed by atoms with Crippen LogP contribution in [0.25, 0.3) is 0 Å². The molecule has 4 nitrogen and oxygen atoms in total. The van der Waals surface area contributed by atoms with Gasteiger partial charge in [-0.2, -0.15) is 4.31 Å². The number of sulfonamides is 1. The van der Waals surface area contributed by atoms with E-state index in [0.717, 1.165) is 6.42 Å². The zero-order valence-electron chi connectivity index (χ0n) is 11.1. The Bertz CT molecular complexity index is 574. The predicted octanol–water partition coefficient (Wildman–Crippen LogP) is 2.59. The van der Waals surface area contributed by atoms with Crippen molar-refractivity contribution in [3.8, 4) is 0 Å². The Balaban J connectivity index is 2.32. The van der Waals surface area contributed by atoms with Gasteiger partial charge in [0.15, 0.2) is 0 Å². The Labute approximate surface area is 119 Å². The SMILES string of the molecule is CC1CCN(S(=O)(=O)c2ccc(Cl)cc2N)CC1C. The van der Waals surface area contributed by atoms with Crippen LogP contribution in [0.15, 0.2) is 23.1 Å². The molecule has 0 amide bonds. The van der Waals surface area contributed by atoms with Crippen molar-refractivity contribution in [2.45, 2.75) is 25.2 Å². The first-order chi connectivity index (χ1) is 8.82. The third kappa shape index (κ3) is 2.88. The number of piperidine rings is 1. The van der Waals surface area contributed by atoms with Crippen LogP contribution in [0, 0.1) is 11.8 Å². The molecule has 0 aromatic heterocycles. The molecular formula is C13H19ClN2O2S. The fourth-order valence-corrected chi connectivity index (χ4v) is 4.17. The van der Waals surface area contributed by atoms with E-state index in [1.807, 2.05) is 0 Å². The molecule has 1 saturated heterocycles. The summed E-state index contributed by atoms with van der Waals surface area (Å²) in [4.78, 5) is 0.152. The predicted molar refractivity (Wildman–Crippen MR) is 77.6 cm³/mol. The van der Waals surface area contributed by atoms with Crippen LogP contribution in [0.3, 0.4) is 0 Å². The van der Waals surface area contributed by atoms with E-state index in [2.05, 4.69) is 13.8 Å². The highest BCUT2D eigenvalue weighted by atomic mass is 35.5. The molecule has 6 heteroatoms. The first-order valence-electron chi connectivity index (χ1n) is 6.37. The van der Waals surface area contributed by atoms with Gasteiger partial charge in [0.05, 0.1) is 5.69 Å². The Morgan fingerprint density at radius 2 is 2.00 bits per heavy atom. The third-order valence-corrected chi connectivity index (χ3v) is 6.06. The molecular weight excluding hydrogens is 284 g/mol. The second-order valence-corrected chi connectivity index (χ2v) is 7.63. The van der Waals surface area contributed by atoms with Crippen LogP contribution >= 0.6 is 11.6 Å². The molecule has 0 aliphatic carbocycles. The Kier molecular flexibility index (Phi) is 4.08. The number of nitrogen functional groups attached to an aromatic ring is 1. The maximum absolute atomic E-state index is 12.6. The van der Waals surface area contributed by atoms with Gasteiger partial charge in [-0.1, -0.05) is 25.4 Å². The van der Waals surface area contributed by atoms with Crippen molar-refractivity contribution in [2.75, 3.05) is 18.8 Å². The molecule has 1 aliphatic heterocycles. The summed E-state index contributed by atoms with van der Waals surface area (Å²) < 4.78 is 26.7. The average molecular weight is 303 g/mol. The van der Waals surface area contributed by atoms with Crippen molar-refractivity contribution in [3.05, 3.63) is 23.2 Å². The lowest BCUT2D eigenvalue weighted by Crippen LogP contribution is -2.42. The van der Waals surface area contributed by atoms with Crippen LogP contribution in [-0.2, 0) is 10.0 Å². The molecule has 19 heavy (non-hydrogen) atoms. The minimum atomic E-state index is -3.52. The molecule has 106 valence electrons. The molecule has 0 spiro atoms. The molecule has 1 aromatic rings. The van der Waals surface area contributed by atoms with Gasteiger partial charge in [-0.3, -0.25) is 0 Å². The van der Waals surface area contributed by atoms with Crippen LogP contribution in [0.5, 0.6) is 0 Å². The molecule has 1 aromatic carbocycles. The van der Waals surface area contributed by atoms with E-state index < -0.39 is 10.0 Å². The number of nitrogens with zero attached hydrogens (tertiary/aromatic N) is 1. The number of benzene rings is 1. The van der Waals surface area contributed by atoms with Gasteiger partial charge >= 0.3 is 0 Å².